The number of fused-ring (bicyclic) bond motifs is 1. The van der Waals surface area contributed by atoms with Crippen molar-refractivity contribution in [2.75, 3.05) is 13.7 Å². The van der Waals surface area contributed by atoms with Gasteiger partial charge in [-0.1, -0.05) is 34.3 Å². The van der Waals surface area contributed by atoms with Gasteiger partial charge in [-0.3, -0.25) is 0 Å². The minimum absolute atomic E-state index is 0.146. The lowest BCUT2D eigenvalue weighted by Crippen LogP contribution is -2.34. The Morgan fingerprint density at radius 1 is 1.14 bits per heavy atom. The first-order chi connectivity index (χ1) is 13.0. The Kier molecular flexibility index (Phi) is 5.97. The number of rotatable bonds is 5. The van der Waals surface area contributed by atoms with Crippen LogP contribution in [0.4, 0.5) is 0 Å². The van der Waals surface area contributed by atoms with Gasteiger partial charge in [0.2, 0.25) is 0 Å². The first-order valence-electron chi connectivity index (χ1n) is 9.37. The third-order valence-corrected chi connectivity index (χ3v) is 7.55. The molecule has 1 aliphatic rings. The van der Waals surface area contributed by atoms with Gasteiger partial charge >= 0.3 is 5.97 Å². The van der Waals surface area contributed by atoms with E-state index in [0.29, 0.717) is 12.2 Å². The lowest BCUT2D eigenvalue weighted by atomic mass is 9.63. The van der Waals surface area contributed by atoms with E-state index in [9.17, 15) is 4.79 Å². The van der Waals surface area contributed by atoms with Gasteiger partial charge in [-0.2, -0.15) is 0 Å². The predicted octanol–water partition coefficient (Wildman–Crippen LogP) is 6.58. The Morgan fingerprint density at radius 3 is 2.36 bits per heavy atom. The van der Waals surface area contributed by atoms with Crippen LogP contribution in [-0.4, -0.2) is 19.7 Å². The summed E-state index contributed by atoms with van der Waals surface area (Å²) in [5.74, 6) is 0.571. The molecule has 28 heavy (non-hydrogen) atoms. The van der Waals surface area contributed by atoms with E-state index in [1.807, 2.05) is 6.07 Å². The number of hydrogen-bond acceptors (Lipinski definition) is 4. The van der Waals surface area contributed by atoms with Gasteiger partial charge in [0.25, 0.3) is 0 Å². The molecule has 0 spiro atoms. The summed E-state index contributed by atoms with van der Waals surface area (Å²) in [6.45, 7) is 13.8. The summed E-state index contributed by atoms with van der Waals surface area (Å²) < 4.78 is 12.1. The lowest BCUT2D eigenvalue weighted by Gasteiger charge is -2.42. The second kappa shape index (κ2) is 7.82. The zero-order chi connectivity index (χ0) is 20.7. The first kappa shape index (κ1) is 21.4. The molecule has 2 aromatic rings. The molecule has 0 radical (unpaired) electrons. The maximum absolute atomic E-state index is 11.6. The summed E-state index contributed by atoms with van der Waals surface area (Å²) in [5.41, 5.74) is 4.56. The van der Waals surface area contributed by atoms with E-state index >= 15 is 0 Å². The van der Waals surface area contributed by atoms with Crippen LogP contribution < -0.4 is 4.74 Å². The summed E-state index contributed by atoms with van der Waals surface area (Å²) in [4.78, 5) is 12.6. The van der Waals surface area contributed by atoms with E-state index in [1.54, 1.807) is 5.38 Å². The number of carbonyl (C=O) groups excluding carboxylic acids is 1. The molecular weight excluding hydrogens is 483 g/mol. The third kappa shape index (κ3) is 4.15. The second-order valence-corrected chi connectivity index (χ2v) is 10.8. The van der Waals surface area contributed by atoms with Crippen molar-refractivity contribution >= 4 is 45.5 Å². The van der Waals surface area contributed by atoms with Crippen LogP contribution in [0.3, 0.4) is 0 Å². The Bertz CT molecular complexity index is 924. The van der Waals surface area contributed by atoms with E-state index in [2.05, 4.69) is 69.0 Å². The molecule has 0 saturated heterocycles. The molecule has 0 atom stereocenters. The second-order valence-electron chi connectivity index (χ2n) is 8.68. The number of methoxy groups -OCH3 is 1. The third-order valence-electron chi connectivity index (χ3n) is 5.68. The van der Waals surface area contributed by atoms with Crippen LogP contribution in [0.25, 0.3) is 5.57 Å². The van der Waals surface area contributed by atoms with E-state index < -0.39 is 0 Å². The summed E-state index contributed by atoms with van der Waals surface area (Å²) in [5, 5.41) is 1.79. The van der Waals surface area contributed by atoms with Crippen molar-refractivity contribution in [3.05, 3.63) is 55.3 Å². The summed E-state index contributed by atoms with van der Waals surface area (Å²) >= 11 is 3.84. The molecule has 0 amide bonds. The normalized spacial score (nSPS) is 16.9. The van der Waals surface area contributed by atoms with E-state index in [1.165, 1.54) is 42.4 Å². The predicted molar refractivity (Wildman–Crippen MR) is 125 cm³/mol. The Hall–Kier alpha value is -1.34. The molecule has 1 aliphatic carbocycles. The van der Waals surface area contributed by atoms with E-state index in [4.69, 9.17) is 9.47 Å². The number of ether oxygens (including phenoxy) is 2. The average Bonchev–Trinajstić information content (AvgIpc) is 3.13. The van der Waals surface area contributed by atoms with Crippen LogP contribution in [0, 0.1) is 3.57 Å². The zero-order valence-corrected chi connectivity index (χ0v) is 20.1. The molecule has 0 unspecified atom stereocenters. The molecule has 0 fully saturated rings. The van der Waals surface area contributed by atoms with Crippen molar-refractivity contribution in [2.24, 2.45) is 0 Å². The van der Waals surface area contributed by atoms with Crippen LogP contribution in [-0.2, 0) is 15.6 Å². The highest BCUT2D eigenvalue weighted by atomic mass is 127. The molecule has 5 heteroatoms. The largest absolute Gasteiger partial charge is 0.488 e. The number of carbonyl (C=O) groups is 1. The lowest BCUT2D eigenvalue weighted by molar-refractivity contribution is 0.0601. The van der Waals surface area contributed by atoms with Gasteiger partial charge in [0.05, 0.1) is 16.2 Å². The maximum Gasteiger partial charge on any atom is 0.338 e. The van der Waals surface area contributed by atoms with Gasteiger partial charge in [0, 0.05) is 10.3 Å². The SMILES string of the molecule is C=C(COc1cc2c(cc1I)C(C)(C)CCC2(C)C)c1cc(C(=O)OC)cs1. The molecule has 0 aliphatic heterocycles. The first-order valence-corrected chi connectivity index (χ1v) is 11.3. The smallest absolute Gasteiger partial charge is 0.338 e. The minimum Gasteiger partial charge on any atom is -0.488 e. The van der Waals surface area contributed by atoms with Gasteiger partial charge in [-0.05, 0) is 81.2 Å². The van der Waals surface area contributed by atoms with Gasteiger partial charge in [-0.15, -0.1) is 11.3 Å². The molecule has 3 rings (SSSR count). The fourth-order valence-corrected chi connectivity index (χ4v) is 5.12. The van der Waals surface area contributed by atoms with E-state index in [-0.39, 0.29) is 16.8 Å². The summed E-state index contributed by atoms with van der Waals surface area (Å²) in [6, 6.07) is 6.32. The zero-order valence-electron chi connectivity index (χ0n) is 17.1. The van der Waals surface area contributed by atoms with Crippen LogP contribution in [0.2, 0.25) is 0 Å². The fraction of sp³-hybridized carbons (Fsp3) is 0.435. The van der Waals surface area contributed by atoms with Gasteiger partial charge in [0.15, 0.2) is 0 Å². The molecule has 1 heterocycles. The molecule has 150 valence electrons. The number of benzene rings is 1. The summed E-state index contributed by atoms with van der Waals surface area (Å²) in [7, 11) is 1.39. The van der Waals surface area contributed by atoms with Crippen molar-refractivity contribution in [3.8, 4) is 5.75 Å². The van der Waals surface area contributed by atoms with Crippen LogP contribution in [0.5, 0.6) is 5.75 Å². The van der Waals surface area contributed by atoms with Crippen molar-refractivity contribution in [1.82, 2.24) is 0 Å². The van der Waals surface area contributed by atoms with Crippen LogP contribution >= 0.6 is 33.9 Å². The monoisotopic (exact) mass is 510 g/mol. The highest BCUT2D eigenvalue weighted by molar-refractivity contribution is 14.1. The number of hydrogen-bond donors (Lipinski definition) is 0. The van der Waals surface area contributed by atoms with Gasteiger partial charge in [0.1, 0.15) is 12.4 Å². The van der Waals surface area contributed by atoms with Crippen molar-refractivity contribution in [3.63, 3.8) is 0 Å². The standard InChI is InChI=1S/C23H27IO3S/c1-14(20-9-15(13-28-20)21(25)26-6)12-27-19-11-17-16(10-18(19)24)22(2,3)7-8-23(17,4)5/h9-11,13H,1,7-8,12H2,2-6H3. The van der Waals surface area contributed by atoms with Crippen molar-refractivity contribution in [1.29, 1.82) is 0 Å². The average molecular weight is 510 g/mol. The molecule has 3 nitrogen and oxygen atoms in total. The topological polar surface area (TPSA) is 35.5 Å². The Labute approximate surface area is 185 Å². The number of halogens is 1. The highest BCUT2D eigenvalue weighted by Crippen LogP contribution is 2.47. The fourth-order valence-electron chi connectivity index (χ4n) is 3.66. The molecule has 1 aromatic heterocycles. The molecule has 0 bridgehead atoms. The molecular formula is C23H27IO3S. The molecule has 0 saturated carbocycles. The number of esters is 1. The number of thiophene rings is 1. The molecule has 1 aromatic carbocycles. The quantitative estimate of drug-likeness (QED) is 0.337. The highest BCUT2D eigenvalue weighted by Gasteiger charge is 2.37. The van der Waals surface area contributed by atoms with Gasteiger partial charge < -0.3 is 9.47 Å². The van der Waals surface area contributed by atoms with Crippen molar-refractivity contribution < 1.29 is 14.3 Å². The minimum atomic E-state index is -0.328. The van der Waals surface area contributed by atoms with Crippen LogP contribution in [0.15, 0.2) is 30.2 Å². The van der Waals surface area contributed by atoms with E-state index in [0.717, 1.165) is 19.8 Å². The van der Waals surface area contributed by atoms with Gasteiger partial charge in [-0.25, -0.2) is 4.79 Å². The Morgan fingerprint density at radius 2 is 1.75 bits per heavy atom. The molecule has 0 N–H and O–H groups in total. The van der Waals surface area contributed by atoms with Crippen LogP contribution in [0.1, 0.15) is 66.9 Å². The maximum atomic E-state index is 11.6. The van der Waals surface area contributed by atoms with Crippen molar-refractivity contribution in [2.45, 2.75) is 51.4 Å². The summed E-state index contributed by atoms with van der Waals surface area (Å²) in [6.07, 6.45) is 2.37. The Balaban J connectivity index is 1.81.